The highest BCUT2D eigenvalue weighted by molar-refractivity contribution is 14.1. The Labute approximate surface area is 119 Å². The van der Waals surface area contributed by atoms with Gasteiger partial charge in [0.2, 0.25) is 0 Å². The first kappa shape index (κ1) is 13.0. The Morgan fingerprint density at radius 2 is 2.06 bits per heavy atom. The molecule has 0 aromatic heterocycles. The first-order chi connectivity index (χ1) is 8.69. The Bertz CT molecular complexity index is 569. The molecule has 2 nitrogen and oxygen atoms in total. The van der Waals surface area contributed by atoms with Crippen LogP contribution in [0.4, 0.5) is 10.1 Å². The summed E-state index contributed by atoms with van der Waals surface area (Å²) in [6, 6.07) is 12.3. The zero-order valence-corrected chi connectivity index (χ0v) is 11.7. The minimum atomic E-state index is -0.232. The van der Waals surface area contributed by atoms with E-state index in [4.69, 9.17) is 5.41 Å². The van der Waals surface area contributed by atoms with Gasteiger partial charge < -0.3 is 10.7 Å². The van der Waals surface area contributed by atoms with Gasteiger partial charge in [0.05, 0.1) is 0 Å². The van der Waals surface area contributed by atoms with Crippen molar-refractivity contribution in [3.63, 3.8) is 0 Å². The molecule has 4 heteroatoms. The number of benzene rings is 2. The molecule has 2 aromatic rings. The summed E-state index contributed by atoms with van der Waals surface area (Å²) < 4.78 is 14.1. The van der Waals surface area contributed by atoms with Gasteiger partial charge in [0.15, 0.2) is 0 Å². The summed E-state index contributed by atoms with van der Waals surface area (Å²) in [4.78, 5) is 0. The molecule has 0 atom stereocenters. The standard InChI is InChI=1S/C14H12FIN2/c15-12-3-1-2-10(6-12)9-18-14-5-4-13(16)7-11(14)8-17/h1-8,17-18H,9H2. The lowest BCUT2D eigenvalue weighted by Crippen LogP contribution is -2.02. The zero-order valence-electron chi connectivity index (χ0n) is 9.58. The average Bonchev–Trinajstić information content (AvgIpc) is 2.37. The quantitative estimate of drug-likeness (QED) is 0.631. The summed E-state index contributed by atoms with van der Waals surface area (Å²) in [6.45, 7) is 0.541. The molecule has 92 valence electrons. The minimum absolute atomic E-state index is 0.232. The molecule has 2 aromatic carbocycles. The molecule has 0 spiro atoms. The third-order valence-corrected chi connectivity index (χ3v) is 3.21. The third kappa shape index (κ3) is 3.29. The SMILES string of the molecule is N=Cc1cc(I)ccc1NCc1cccc(F)c1. The maximum atomic E-state index is 13.0. The number of halogens is 2. The topological polar surface area (TPSA) is 35.9 Å². The molecule has 0 amide bonds. The van der Waals surface area contributed by atoms with Gasteiger partial charge in [-0.05, 0) is 58.5 Å². The van der Waals surface area contributed by atoms with E-state index in [1.165, 1.54) is 18.3 Å². The number of hydrogen-bond acceptors (Lipinski definition) is 2. The third-order valence-electron chi connectivity index (χ3n) is 2.54. The molecular formula is C14H12FIN2. The fraction of sp³-hybridized carbons (Fsp3) is 0.0714. The summed E-state index contributed by atoms with van der Waals surface area (Å²) >= 11 is 2.21. The van der Waals surface area contributed by atoms with Crippen molar-refractivity contribution < 1.29 is 4.39 Å². The maximum absolute atomic E-state index is 13.0. The molecule has 0 aliphatic rings. The van der Waals surface area contributed by atoms with Crippen molar-refractivity contribution in [1.29, 1.82) is 5.41 Å². The van der Waals surface area contributed by atoms with Crippen LogP contribution in [-0.4, -0.2) is 6.21 Å². The number of hydrogen-bond donors (Lipinski definition) is 2. The maximum Gasteiger partial charge on any atom is 0.123 e. The van der Waals surface area contributed by atoms with Crippen molar-refractivity contribution in [2.45, 2.75) is 6.54 Å². The van der Waals surface area contributed by atoms with Crippen LogP contribution in [0.5, 0.6) is 0 Å². The minimum Gasteiger partial charge on any atom is -0.380 e. The Hall–Kier alpha value is -1.43. The van der Waals surface area contributed by atoms with Gasteiger partial charge in [0, 0.05) is 27.6 Å². The van der Waals surface area contributed by atoms with E-state index in [0.29, 0.717) is 6.54 Å². The van der Waals surface area contributed by atoms with Gasteiger partial charge in [-0.2, -0.15) is 0 Å². The molecule has 0 saturated carbocycles. The Kier molecular flexibility index (Phi) is 4.30. The van der Waals surface area contributed by atoms with E-state index in [-0.39, 0.29) is 5.82 Å². The summed E-state index contributed by atoms with van der Waals surface area (Å²) in [5.41, 5.74) is 2.59. The van der Waals surface area contributed by atoms with Crippen LogP contribution in [0.2, 0.25) is 0 Å². The molecule has 2 rings (SSSR count). The molecule has 0 unspecified atom stereocenters. The molecule has 0 bridgehead atoms. The second-order valence-corrected chi connectivity index (χ2v) is 5.11. The number of anilines is 1. The smallest absolute Gasteiger partial charge is 0.123 e. The molecule has 0 radical (unpaired) electrons. The van der Waals surface area contributed by atoms with Gasteiger partial charge in [-0.3, -0.25) is 0 Å². The molecule has 18 heavy (non-hydrogen) atoms. The van der Waals surface area contributed by atoms with Crippen LogP contribution in [0.25, 0.3) is 0 Å². The second kappa shape index (κ2) is 5.95. The summed E-state index contributed by atoms with van der Waals surface area (Å²) in [6.07, 6.45) is 1.32. The lowest BCUT2D eigenvalue weighted by molar-refractivity contribution is 0.626. The highest BCUT2D eigenvalue weighted by atomic mass is 127. The van der Waals surface area contributed by atoms with Gasteiger partial charge >= 0.3 is 0 Å². The predicted octanol–water partition coefficient (Wildman–Crippen LogP) is 4.04. The molecular weight excluding hydrogens is 342 g/mol. The largest absolute Gasteiger partial charge is 0.380 e. The normalized spacial score (nSPS) is 10.1. The molecule has 0 aliphatic heterocycles. The van der Waals surface area contributed by atoms with Crippen molar-refractivity contribution >= 4 is 34.5 Å². The van der Waals surface area contributed by atoms with Gasteiger partial charge in [-0.25, -0.2) is 4.39 Å². The number of rotatable bonds is 4. The fourth-order valence-corrected chi connectivity index (χ4v) is 2.17. The van der Waals surface area contributed by atoms with Crippen molar-refractivity contribution in [2.24, 2.45) is 0 Å². The Balaban J connectivity index is 2.13. The molecule has 0 saturated heterocycles. The lowest BCUT2D eigenvalue weighted by Gasteiger charge is -2.10. The summed E-state index contributed by atoms with van der Waals surface area (Å²) in [7, 11) is 0. The van der Waals surface area contributed by atoms with Crippen LogP contribution in [-0.2, 0) is 6.54 Å². The summed E-state index contributed by atoms with van der Waals surface area (Å²) in [5, 5.41) is 10.6. The van der Waals surface area contributed by atoms with Crippen LogP contribution in [0.1, 0.15) is 11.1 Å². The van der Waals surface area contributed by atoms with Crippen LogP contribution < -0.4 is 5.32 Å². The Morgan fingerprint density at radius 3 is 2.78 bits per heavy atom. The van der Waals surface area contributed by atoms with E-state index in [1.807, 2.05) is 24.3 Å². The lowest BCUT2D eigenvalue weighted by atomic mass is 10.1. The molecule has 0 heterocycles. The Morgan fingerprint density at radius 1 is 1.22 bits per heavy atom. The molecule has 0 fully saturated rings. The van der Waals surface area contributed by atoms with Crippen LogP contribution >= 0.6 is 22.6 Å². The number of nitrogens with one attached hydrogen (secondary N) is 2. The van der Waals surface area contributed by atoms with Crippen LogP contribution in [0.15, 0.2) is 42.5 Å². The van der Waals surface area contributed by atoms with E-state index in [2.05, 4.69) is 27.9 Å². The molecule has 0 aliphatic carbocycles. The summed E-state index contributed by atoms with van der Waals surface area (Å²) in [5.74, 6) is -0.232. The van der Waals surface area contributed by atoms with Gasteiger partial charge in [-0.1, -0.05) is 12.1 Å². The van der Waals surface area contributed by atoms with Crippen molar-refractivity contribution in [3.05, 3.63) is 63.0 Å². The van der Waals surface area contributed by atoms with Gasteiger partial charge in [0.25, 0.3) is 0 Å². The highest BCUT2D eigenvalue weighted by Gasteiger charge is 2.01. The first-order valence-corrected chi connectivity index (χ1v) is 6.55. The van der Waals surface area contributed by atoms with Crippen LogP contribution in [0, 0.1) is 14.8 Å². The van der Waals surface area contributed by atoms with E-state index in [9.17, 15) is 4.39 Å². The monoisotopic (exact) mass is 354 g/mol. The first-order valence-electron chi connectivity index (χ1n) is 5.47. The molecule has 2 N–H and O–H groups in total. The van der Waals surface area contributed by atoms with Crippen molar-refractivity contribution in [2.75, 3.05) is 5.32 Å². The average molecular weight is 354 g/mol. The van der Waals surface area contributed by atoms with Crippen molar-refractivity contribution in [3.8, 4) is 0 Å². The van der Waals surface area contributed by atoms with Gasteiger partial charge in [0.1, 0.15) is 5.82 Å². The van der Waals surface area contributed by atoms with E-state index < -0.39 is 0 Å². The fourth-order valence-electron chi connectivity index (χ4n) is 1.66. The second-order valence-electron chi connectivity index (χ2n) is 3.86. The van der Waals surface area contributed by atoms with Gasteiger partial charge in [-0.15, -0.1) is 0 Å². The van der Waals surface area contributed by atoms with E-state index in [1.54, 1.807) is 6.07 Å². The highest BCUT2D eigenvalue weighted by Crippen LogP contribution is 2.18. The van der Waals surface area contributed by atoms with E-state index >= 15 is 0 Å². The zero-order chi connectivity index (χ0) is 13.0. The predicted molar refractivity (Wildman–Crippen MR) is 80.8 cm³/mol. The van der Waals surface area contributed by atoms with Crippen LogP contribution in [0.3, 0.4) is 0 Å². The van der Waals surface area contributed by atoms with E-state index in [0.717, 1.165) is 20.4 Å². The van der Waals surface area contributed by atoms with Crippen molar-refractivity contribution in [1.82, 2.24) is 0 Å².